The van der Waals surface area contributed by atoms with Crippen molar-refractivity contribution in [2.24, 2.45) is 5.92 Å². The number of fused-ring (bicyclic) bond motifs is 1. The highest BCUT2D eigenvalue weighted by Gasteiger charge is 2.31. The SMILES string of the molecule is O=C1CN(Cc2cccc3c2OCO3)CC(OCC2CC2)CN1Cc1cccnc1. The number of hydrogen-bond acceptors (Lipinski definition) is 6. The van der Waals surface area contributed by atoms with E-state index >= 15 is 0 Å². The highest BCUT2D eigenvalue weighted by Crippen LogP contribution is 2.36. The van der Waals surface area contributed by atoms with Crippen molar-refractivity contribution < 1.29 is 19.0 Å². The van der Waals surface area contributed by atoms with Gasteiger partial charge in [-0.15, -0.1) is 0 Å². The molecular formula is C23H27N3O4. The monoisotopic (exact) mass is 409 g/mol. The number of pyridine rings is 1. The van der Waals surface area contributed by atoms with Crippen molar-refractivity contribution in [2.45, 2.75) is 32.0 Å². The predicted octanol–water partition coefficient (Wildman–Crippen LogP) is 2.45. The molecular weight excluding hydrogens is 382 g/mol. The summed E-state index contributed by atoms with van der Waals surface area (Å²) in [5.41, 5.74) is 2.08. The molecule has 1 aromatic carbocycles. The Bertz CT molecular complexity index is 887. The molecule has 0 spiro atoms. The maximum Gasteiger partial charge on any atom is 0.237 e. The van der Waals surface area contributed by atoms with Gasteiger partial charge >= 0.3 is 0 Å². The Morgan fingerprint density at radius 3 is 2.87 bits per heavy atom. The minimum absolute atomic E-state index is 0.0114. The second-order valence-corrected chi connectivity index (χ2v) is 8.35. The Labute approximate surface area is 176 Å². The van der Waals surface area contributed by atoms with Crippen LogP contribution in [0.3, 0.4) is 0 Å². The standard InChI is InChI=1S/C23H27N3O4/c27-22-14-25(11-19-4-1-5-21-23(19)30-16-29-21)12-20(28-15-17-6-7-17)13-26(22)10-18-3-2-8-24-9-18/h1-5,8-9,17,20H,6-7,10-16H2. The van der Waals surface area contributed by atoms with Gasteiger partial charge in [-0.2, -0.15) is 0 Å². The fraction of sp³-hybridized carbons (Fsp3) is 0.478. The Morgan fingerprint density at radius 1 is 1.10 bits per heavy atom. The summed E-state index contributed by atoms with van der Waals surface area (Å²) in [5, 5.41) is 0. The molecule has 30 heavy (non-hydrogen) atoms. The zero-order chi connectivity index (χ0) is 20.3. The average Bonchev–Trinajstić information content (AvgIpc) is 3.48. The Hall–Kier alpha value is -2.64. The third-order valence-electron chi connectivity index (χ3n) is 5.83. The van der Waals surface area contributed by atoms with Crippen LogP contribution in [0.4, 0.5) is 0 Å². The fourth-order valence-corrected chi connectivity index (χ4v) is 4.05. The van der Waals surface area contributed by atoms with Crippen LogP contribution in [0, 0.1) is 5.92 Å². The molecule has 7 heteroatoms. The normalized spacial score (nSPS) is 21.7. The average molecular weight is 409 g/mol. The summed E-state index contributed by atoms with van der Waals surface area (Å²) < 4.78 is 17.4. The molecule has 7 nitrogen and oxygen atoms in total. The molecule has 0 radical (unpaired) electrons. The van der Waals surface area contributed by atoms with Gasteiger partial charge in [0.15, 0.2) is 11.5 Å². The second-order valence-electron chi connectivity index (χ2n) is 8.35. The zero-order valence-electron chi connectivity index (χ0n) is 17.0. The van der Waals surface area contributed by atoms with Crippen molar-refractivity contribution in [3.8, 4) is 11.5 Å². The lowest BCUT2D eigenvalue weighted by Gasteiger charge is -2.25. The summed E-state index contributed by atoms with van der Waals surface area (Å²) in [6.07, 6.45) is 6.06. The molecule has 1 atom stereocenters. The van der Waals surface area contributed by atoms with E-state index in [1.807, 2.05) is 41.4 Å². The van der Waals surface area contributed by atoms with Crippen molar-refractivity contribution in [1.82, 2.24) is 14.8 Å². The number of carbonyl (C=O) groups is 1. The Balaban J connectivity index is 1.32. The number of benzene rings is 1. The number of hydrogen-bond donors (Lipinski definition) is 0. The zero-order valence-corrected chi connectivity index (χ0v) is 17.0. The van der Waals surface area contributed by atoms with E-state index in [9.17, 15) is 4.79 Å². The van der Waals surface area contributed by atoms with E-state index in [2.05, 4.69) is 9.88 Å². The lowest BCUT2D eigenvalue weighted by molar-refractivity contribution is -0.132. The Morgan fingerprint density at radius 2 is 2.03 bits per heavy atom. The van der Waals surface area contributed by atoms with Crippen molar-refractivity contribution in [2.75, 3.05) is 33.0 Å². The number of aromatic nitrogens is 1. The molecule has 1 saturated heterocycles. The third kappa shape index (κ3) is 4.57. The number of rotatable bonds is 7. The van der Waals surface area contributed by atoms with E-state index in [4.69, 9.17) is 14.2 Å². The van der Waals surface area contributed by atoms with Crippen LogP contribution in [0.2, 0.25) is 0 Å². The van der Waals surface area contributed by atoms with Crippen molar-refractivity contribution in [1.29, 1.82) is 0 Å². The smallest absolute Gasteiger partial charge is 0.237 e. The van der Waals surface area contributed by atoms with Gasteiger partial charge in [-0.25, -0.2) is 0 Å². The summed E-state index contributed by atoms with van der Waals surface area (Å²) in [6.45, 7) is 3.89. The second kappa shape index (κ2) is 8.62. The molecule has 0 N–H and O–H groups in total. The molecule has 2 fully saturated rings. The number of nitrogens with zero attached hydrogens (tertiary/aromatic N) is 3. The van der Waals surface area contributed by atoms with E-state index in [1.54, 1.807) is 6.20 Å². The molecule has 1 amide bonds. The predicted molar refractivity (Wildman–Crippen MR) is 110 cm³/mol. The maximum absolute atomic E-state index is 13.1. The first-order chi connectivity index (χ1) is 14.7. The van der Waals surface area contributed by atoms with Crippen molar-refractivity contribution >= 4 is 5.91 Å². The molecule has 3 heterocycles. The van der Waals surface area contributed by atoms with Gasteiger partial charge in [0.05, 0.1) is 12.6 Å². The maximum atomic E-state index is 13.1. The largest absolute Gasteiger partial charge is 0.454 e. The van der Waals surface area contributed by atoms with Crippen molar-refractivity contribution in [3.63, 3.8) is 0 Å². The minimum Gasteiger partial charge on any atom is -0.454 e. The first-order valence-corrected chi connectivity index (χ1v) is 10.6. The summed E-state index contributed by atoms with van der Waals surface area (Å²) >= 11 is 0. The van der Waals surface area contributed by atoms with Crippen molar-refractivity contribution in [3.05, 3.63) is 53.9 Å². The van der Waals surface area contributed by atoms with Crippen LogP contribution in [-0.2, 0) is 22.6 Å². The van der Waals surface area contributed by atoms with Gasteiger partial charge in [0, 0.05) is 50.7 Å². The number of ether oxygens (including phenoxy) is 3. The third-order valence-corrected chi connectivity index (χ3v) is 5.83. The lowest BCUT2D eigenvalue weighted by Crippen LogP contribution is -2.37. The molecule has 3 aliphatic rings. The van der Waals surface area contributed by atoms with Gasteiger partial charge in [0.25, 0.3) is 0 Å². The highest BCUT2D eigenvalue weighted by molar-refractivity contribution is 5.78. The molecule has 0 bridgehead atoms. The van der Waals surface area contributed by atoms with Gasteiger partial charge in [-0.05, 0) is 36.5 Å². The molecule has 1 aliphatic carbocycles. The molecule has 158 valence electrons. The summed E-state index contributed by atoms with van der Waals surface area (Å²) in [6, 6.07) is 9.84. The highest BCUT2D eigenvalue weighted by atomic mass is 16.7. The summed E-state index contributed by atoms with van der Waals surface area (Å²) in [5.74, 6) is 2.36. The molecule has 1 unspecified atom stereocenters. The van der Waals surface area contributed by atoms with Crippen LogP contribution >= 0.6 is 0 Å². The molecule has 2 aromatic rings. The van der Waals surface area contributed by atoms with Gasteiger partial charge in [0.1, 0.15) is 0 Å². The van der Waals surface area contributed by atoms with Crippen LogP contribution in [0.1, 0.15) is 24.0 Å². The Kier molecular flexibility index (Phi) is 5.55. The van der Waals surface area contributed by atoms with Gasteiger partial charge in [-0.1, -0.05) is 18.2 Å². The lowest BCUT2D eigenvalue weighted by atomic mass is 10.1. The van der Waals surface area contributed by atoms with E-state index < -0.39 is 0 Å². The summed E-state index contributed by atoms with van der Waals surface area (Å²) in [4.78, 5) is 21.4. The van der Waals surface area contributed by atoms with Gasteiger partial charge in [-0.3, -0.25) is 14.7 Å². The fourth-order valence-electron chi connectivity index (χ4n) is 4.05. The van der Waals surface area contributed by atoms with Crippen LogP contribution in [0.15, 0.2) is 42.7 Å². The first-order valence-electron chi connectivity index (χ1n) is 10.6. The topological polar surface area (TPSA) is 64.1 Å². The van der Waals surface area contributed by atoms with E-state index in [1.165, 1.54) is 12.8 Å². The van der Waals surface area contributed by atoms with Crippen LogP contribution < -0.4 is 9.47 Å². The van der Waals surface area contributed by atoms with Crippen LogP contribution in [0.25, 0.3) is 0 Å². The molecule has 1 aromatic heterocycles. The van der Waals surface area contributed by atoms with Gasteiger partial charge in [0.2, 0.25) is 12.7 Å². The van der Waals surface area contributed by atoms with E-state index in [-0.39, 0.29) is 18.8 Å². The number of para-hydroxylation sites is 1. The van der Waals surface area contributed by atoms with E-state index in [0.29, 0.717) is 38.6 Å². The number of carbonyl (C=O) groups excluding carboxylic acids is 1. The molecule has 1 saturated carbocycles. The van der Waals surface area contributed by atoms with Crippen LogP contribution in [0.5, 0.6) is 11.5 Å². The first kappa shape index (κ1) is 19.3. The van der Waals surface area contributed by atoms with Crippen LogP contribution in [-0.4, -0.2) is 59.8 Å². The minimum atomic E-state index is -0.0114. The van der Waals surface area contributed by atoms with Gasteiger partial charge < -0.3 is 19.1 Å². The quantitative estimate of drug-likeness (QED) is 0.700. The molecule has 5 rings (SSSR count). The summed E-state index contributed by atoms with van der Waals surface area (Å²) in [7, 11) is 0. The van der Waals surface area contributed by atoms with E-state index in [0.717, 1.165) is 29.2 Å². The molecule has 2 aliphatic heterocycles. The number of amides is 1.